The van der Waals surface area contributed by atoms with Gasteiger partial charge in [0.2, 0.25) is 0 Å². The Morgan fingerprint density at radius 2 is 1.88 bits per heavy atom. The Morgan fingerprint density at radius 1 is 1.12 bits per heavy atom. The first-order valence-corrected chi connectivity index (χ1v) is 14.6. The van der Waals surface area contributed by atoms with Gasteiger partial charge in [-0.3, -0.25) is 14.3 Å². The number of phosphoric ester groups is 1. The van der Waals surface area contributed by atoms with Crippen molar-refractivity contribution in [1.82, 2.24) is 4.98 Å². The van der Waals surface area contributed by atoms with Crippen LogP contribution < -0.4 is 5.32 Å². The number of hydrogen-bond donors (Lipinski definition) is 3. The molecule has 1 heterocycles. The molecule has 3 atom stereocenters. The Labute approximate surface area is 230 Å². The molecule has 2 aliphatic carbocycles. The van der Waals surface area contributed by atoms with Gasteiger partial charge in [-0.25, -0.2) is 4.57 Å². The summed E-state index contributed by atoms with van der Waals surface area (Å²) in [5, 5.41) is 2.87. The van der Waals surface area contributed by atoms with Crippen LogP contribution in [0.25, 0.3) is 0 Å². The lowest BCUT2D eigenvalue weighted by Crippen LogP contribution is -2.57. The molecule has 40 heavy (non-hydrogen) atoms. The summed E-state index contributed by atoms with van der Waals surface area (Å²) in [5.41, 5.74) is 0.738. The van der Waals surface area contributed by atoms with Crippen LogP contribution in [-0.2, 0) is 27.3 Å². The second-order valence-corrected chi connectivity index (χ2v) is 12.0. The Bertz CT molecular complexity index is 1460. The highest BCUT2D eigenvalue weighted by Crippen LogP contribution is 2.61. The zero-order valence-corrected chi connectivity index (χ0v) is 22.7. The first-order chi connectivity index (χ1) is 18.8. The van der Waals surface area contributed by atoms with E-state index in [-0.39, 0.29) is 12.3 Å². The number of halogens is 3. The molecule has 2 aliphatic rings. The predicted octanol–water partition coefficient (Wildman–Crippen LogP) is 6.28. The summed E-state index contributed by atoms with van der Waals surface area (Å²) in [6.07, 6.45) is -3.23. The SMILES string of the molecule is Cc1ncccc1NC(=O)c1ccc2c(c1)CC[C@@H]1C[C@@](OP(=O)(O)O)(C(F)(F)F)CC[C@@]21Cc1ccccc1. The number of nitrogens with one attached hydrogen (secondary N) is 1. The van der Waals surface area contributed by atoms with E-state index in [1.165, 1.54) is 0 Å². The van der Waals surface area contributed by atoms with Gasteiger partial charge in [0, 0.05) is 17.2 Å². The van der Waals surface area contributed by atoms with Crippen LogP contribution in [0.2, 0.25) is 0 Å². The predicted molar refractivity (Wildman–Crippen MR) is 143 cm³/mol. The number of aromatic nitrogens is 1. The fourth-order valence-corrected chi connectivity index (χ4v) is 7.26. The van der Waals surface area contributed by atoms with Gasteiger partial charge in [0.05, 0.1) is 11.4 Å². The molecule has 1 aromatic heterocycles. The van der Waals surface area contributed by atoms with E-state index in [4.69, 9.17) is 0 Å². The highest BCUT2D eigenvalue weighted by atomic mass is 31.2. The van der Waals surface area contributed by atoms with Crippen LogP contribution in [0.1, 0.15) is 58.4 Å². The van der Waals surface area contributed by atoms with E-state index >= 15 is 0 Å². The molecule has 0 saturated heterocycles. The van der Waals surface area contributed by atoms with E-state index in [0.717, 1.165) is 16.7 Å². The minimum Gasteiger partial charge on any atom is -0.320 e. The molecule has 0 unspecified atom stereocenters. The van der Waals surface area contributed by atoms with Gasteiger partial charge in [-0.1, -0.05) is 36.4 Å². The van der Waals surface area contributed by atoms with Crippen LogP contribution in [0.5, 0.6) is 0 Å². The third-order valence-electron chi connectivity index (χ3n) is 8.43. The average molecular weight is 575 g/mol. The van der Waals surface area contributed by atoms with Crippen LogP contribution in [-0.4, -0.2) is 32.5 Å². The van der Waals surface area contributed by atoms with Crippen molar-refractivity contribution in [2.45, 2.75) is 62.6 Å². The zero-order valence-electron chi connectivity index (χ0n) is 21.8. The minimum atomic E-state index is -5.42. The van der Waals surface area contributed by atoms with E-state index < -0.39 is 43.8 Å². The van der Waals surface area contributed by atoms with Crippen LogP contribution in [0.4, 0.5) is 18.9 Å². The monoisotopic (exact) mass is 574 g/mol. The largest absolute Gasteiger partial charge is 0.470 e. The third-order valence-corrected chi connectivity index (χ3v) is 9.01. The molecule has 0 spiro atoms. The van der Waals surface area contributed by atoms with Gasteiger partial charge in [-0.2, -0.15) is 13.2 Å². The molecule has 7 nitrogen and oxygen atoms in total. The van der Waals surface area contributed by atoms with Crippen molar-refractivity contribution >= 4 is 19.4 Å². The maximum atomic E-state index is 14.4. The topological polar surface area (TPSA) is 109 Å². The molecule has 1 amide bonds. The molecular formula is C29H30F3N2O5P. The number of benzene rings is 2. The fraction of sp³-hybridized carbons (Fsp3) is 0.379. The standard InChI is InChI=1S/C29H30F3N2O5P/c1-19-25(8-5-15-33-19)34-26(35)22-10-12-24-21(16-22)9-11-23-18-28(29(30,31)32,39-40(36,37)38)14-13-27(23,24)17-20-6-3-2-4-7-20/h2-8,10,12,15-16,23H,9,11,13-14,17-18H2,1H3,(H,34,35)(H2,36,37,38)/t23-,27+,28-/m1/s1. The number of rotatable bonds is 6. The minimum absolute atomic E-state index is 0.0134. The number of fused-ring (bicyclic) bond motifs is 3. The summed E-state index contributed by atoms with van der Waals surface area (Å²) < 4.78 is 59.3. The molecule has 1 saturated carbocycles. The van der Waals surface area contributed by atoms with E-state index in [0.29, 0.717) is 36.2 Å². The number of anilines is 1. The number of hydrogen-bond acceptors (Lipinski definition) is 4. The van der Waals surface area contributed by atoms with E-state index in [9.17, 15) is 32.3 Å². The van der Waals surface area contributed by atoms with Crippen molar-refractivity contribution in [3.8, 4) is 0 Å². The molecule has 5 rings (SSSR count). The fourth-order valence-electron chi connectivity index (χ4n) is 6.53. The number of phosphoric acid groups is 1. The molecule has 3 aromatic rings. The lowest BCUT2D eigenvalue weighted by atomic mass is 9.52. The van der Waals surface area contributed by atoms with Gasteiger partial charge < -0.3 is 15.1 Å². The highest BCUT2D eigenvalue weighted by molar-refractivity contribution is 7.46. The van der Waals surface area contributed by atoms with E-state index in [2.05, 4.69) is 14.8 Å². The van der Waals surface area contributed by atoms with E-state index in [1.807, 2.05) is 36.4 Å². The third kappa shape index (κ3) is 5.46. The number of alkyl halides is 3. The normalized spacial score (nSPS) is 24.6. The molecule has 0 aliphatic heterocycles. The summed E-state index contributed by atoms with van der Waals surface area (Å²) in [7, 11) is -5.42. The second-order valence-electron chi connectivity index (χ2n) is 10.8. The summed E-state index contributed by atoms with van der Waals surface area (Å²) in [5.74, 6) is -0.868. The smallest absolute Gasteiger partial charge is 0.320 e. The number of nitrogens with zero attached hydrogens (tertiary/aromatic N) is 1. The van der Waals surface area contributed by atoms with Crippen LogP contribution in [0, 0.1) is 12.8 Å². The first kappa shape index (κ1) is 28.5. The summed E-state index contributed by atoms with van der Waals surface area (Å²) in [6, 6.07) is 18.3. The number of aryl methyl sites for hydroxylation is 2. The number of carbonyl (C=O) groups excluding carboxylic acids is 1. The zero-order chi connectivity index (χ0) is 28.8. The number of amides is 1. The Balaban J connectivity index is 1.53. The Hall–Kier alpha value is -3.04. The van der Waals surface area contributed by atoms with Crippen LogP contribution >= 0.6 is 7.82 Å². The lowest BCUT2D eigenvalue weighted by Gasteiger charge is -2.54. The van der Waals surface area contributed by atoms with Crippen molar-refractivity contribution in [2.24, 2.45) is 5.92 Å². The molecule has 0 bridgehead atoms. The molecule has 0 radical (unpaired) electrons. The van der Waals surface area contributed by atoms with Gasteiger partial charge in [0.1, 0.15) is 0 Å². The van der Waals surface area contributed by atoms with Gasteiger partial charge in [0.15, 0.2) is 5.60 Å². The number of carbonyl (C=O) groups is 1. The quantitative estimate of drug-likeness (QED) is 0.299. The van der Waals surface area contributed by atoms with Gasteiger partial charge >= 0.3 is 14.0 Å². The van der Waals surface area contributed by atoms with Crippen molar-refractivity contribution in [3.63, 3.8) is 0 Å². The van der Waals surface area contributed by atoms with Crippen LogP contribution in [0.15, 0.2) is 66.9 Å². The van der Waals surface area contributed by atoms with Crippen molar-refractivity contribution in [1.29, 1.82) is 0 Å². The molecule has 1 fully saturated rings. The highest BCUT2D eigenvalue weighted by Gasteiger charge is 2.65. The average Bonchev–Trinajstić information content (AvgIpc) is 2.89. The molecular weight excluding hydrogens is 544 g/mol. The van der Waals surface area contributed by atoms with Crippen molar-refractivity contribution < 1.29 is 36.8 Å². The molecule has 2 aromatic carbocycles. The molecule has 212 valence electrons. The van der Waals surface area contributed by atoms with Crippen molar-refractivity contribution in [3.05, 3.63) is 94.8 Å². The first-order valence-electron chi connectivity index (χ1n) is 13.1. The Kier molecular flexibility index (Phi) is 7.42. The van der Waals surface area contributed by atoms with Gasteiger partial charge in [0.25, 0.3) is 5.91 Å². The number of pyridine rings is 1. The van der Waals surface area contributed by atoms with Crippen LogP contribution in [0.3, 0.4) is 0 Å². The Morgan fingerprint density at radius 3 is 2.55 bits per heavy atom. The van der Waals surface area contributed by atoms with E-state index in [1.54, 1.807) is 37.4 Å². The maximum Gasteiger partial charge on any atom is 0.470 e. The van der Waals surface area contributed by atoms with Crippen molar-refractivity contribution in [2.75, 3.05) is 5.32 Å². The molecule has 11 heteroatoms. The molecule has 3 N–H and O–H groups in total. The van der Waals surface area contributed by atoms with Gasteiger partial charge in [-0.15, -0.1) is 0 Å². The maximum absolute atomic E-state index is 14.4. The lowest BCUT2D eigenvalue weighted by molar-refractivity contribution is -0.272. The summed E-state index contributed by atoms with van der Waals surface area (Å²) >= 11 is 0. The summed E-state index contributed by atoms with van der Waals surface area (Å²) in [6.45, 7) is 1.79. The van der Waals surface area contributed by atoms with Gasteiger partial charge in [-0.05, 0) is 92.3 Å². The summed E-state index contributed by atoms with van der Waals surface area (Å²) in [4.78, 5) is 36.1. The second kappa shape index (κ2) is 10.4.